The van der Waals surface area contributed by atoms with Gasteiger partial charge in [-0.3, -0.25) is 0 Å². The molecule has 0 fully saturated rings. The van der Waals surface area contributed by atoms with E-state index >= 15 is 0 Å². The summed E-state index contributed by atoms with van der Waals surface area (Å²) < 4.78 is 0. The molecule has 0 rings (SSSR count). The molecule has 0 aliphatic rings. The summed E-state index contributed by atoms with van der Waals surface area (Å²) in [5.74, 6) is 2.57. The molecule has 0 saturated carbocycles. The van der Waals surface area contributed by atoms with Gasteiger partial charge in [-0.05, 0) is 20.0 Å². The summed E-state index contributed by atoms with van der Waals surface area (Å²) in [6.07, 6.45) is 4.87. The fourth-order valence-electron chi connectivity index (χ4n) is 1.22. The Morgan fingerprint density at radius 1 is 1.43 bits per heavy atom. The molecule has 0 aromatic rings. The van der Waals surface area contributed by atoms with E-state index in [1.54, 1.807) is 0 Å². The Morgan fingerprint density at radius 2 is 2.00 bits per heavy atom. The second kappa shape index (κ2) is 7.81. The van der Waals surface area contributed by atoms with Crippen molar-refractivity contribution in [2.75, 3.05) is 26.2 Å². The van der Waals surface area contributed by atoms with Crippen molar-refractivity contribution in [2.45, 2.75) is 32.9 Å². The monoisotopic (exact) mass is 198 g/mol. The van der Waals surface area contributed by atoms with Gasteiger partial charge < -0.3 is 15.3 Å². The molecule has 0 aromatic heterocycles. The smallest absolute Gasteiger partial charge is 0.0791 e. The van der Waals surface area contributed by atoms with Gasteiger partial charge >= 0.3 is 0 Å². The largest absolute Gasteiger partial charge is 0.390 e. The van der Waals surface area contributed by atoms with Crippen LogP contribution in [-0.2, 0) is 0 Å². The molecule has 0 aromatic carbocycles. The molecule has 0 aliphatic carbocycles. The number of likely N-dealkylation sites (N-methyl/N-ethyl adjacent to an activating group) is 1. The van der Waals surface area contributed by atoms with Gasteiger partial charge in [-0.2, -0.15) is 0 Å². The van der Waals surface area contributed by atoms with Crippen LogP contribution < -0.4 is 5.32 Å². The molecule has 14 heavy (non-hydrogen) atoms. The topological polar surface area (TPSA) is 35.5 Å². The van der Waals surface area contributed by atoms with E-state index in [1.807, 2.05) is 6.92 Å². The molecule has 0 saturated heterocycles. The maximum Gasteiger partial charge on any atom is 0.0791 e. The summed E-state index contributed by atoms with van der Waals surface area (Å²) in [5, 5.41) is 12.7. The molecule has 82 valence electrons. The molecule has 2 atom stereocenters. The molecule has 0 bridgehead atoms. The van der Waals surface area contributed by atoms with Crippen LogP contribution in [0.4, 0.5) is 0 Å². The van der Waals surface area contributed by atoms with Gasteiger partial charge in [0.2, 0.25) is 0 Å². The number of nitrogens with one attached hydrogen (secondary N) is 1. The third kappa shape index (κ3) is 5.98. The van der Waals surface area contributed by atoms with Gasteiger partial charge in [0, 0.05) is 13.1 Å². The summed E-state index contributed by atoms with van der Waals surface area (Å²) >= 11 is 0. The fourth-order valence-corrected chi connectivity index (χ4v) is 1.22. The maximum atomic E-state index is 9.65. The van der Waals surface area contributed by atoms with Crippen LogP contribution in [0, 0.1) is 12.3 Å². The zero-order valence-corrected chi connectivity index (χ0v) is 9.45. The maximum absolute atomic E-state index is 9.65. The van der Waals surface area contributed by atoms with Crippen molar-refractivity contribution >= 4 is 0 Å². The lowest BCUT2D eigenvalue weighted by Crippen LogP contribution is -2.40. The van der Waals surface area contributed by atoms with Crippen molar-refractivity contribution in [1.29, 1.82) is 0 Å². The Kier molecular flexibility index (Phi) is 7.50. The van der Waals surface area contributed by atoms with Crippen molar-refractivity contribution in [1.82, 2.24) is 10.2 Å². The molecule has 2 unspecified atom stereocenters. The van der Waals surface area contributed by atoms with Gasteiger partial charge in [-0.15, -0.1) is 6.42 Å². The van der Waals surface area contributed by atoms with E-state index in [4.69, 9.17) is 6.42 Å². The highest BCUT2D eigenvalue weighted by Gasteiger charge is 2.09. The van der Waals surface area contributed by atoms with Gasteiger partial charge in [0.05, 0.1) is 12.1 Å². The molecule has 0 amide bonds. The molecule has 2 N–H and O–H groups in total. The SMILES string of the molecule is C#CC(C)NCC(O)CN(CC)CC. The average Bonchev–Trinajstić information content (AvgIpc) is 2.22. The molecule has 3 nitrogen and oxygen atoms in total. The quantitative estimate of drug-likeness (QED) is 0.578. The van der Waals surface area contributed by atoms with E-state index in [1.165, 1.54) is 0 Å². The number of hydrogen-bond donors (Lipinski definition) is 2. The number of nitrogens with zero attached hydrogens (tertiary/aromatic N) is 1. The summed E-state index contributed by atoms with van der Waals surface area (Å²) in [5.41, 5.74) is 0. The van der Waals surface area contributed by atoms with Gasteiger partial charge in [0.25, 0.3) is 0 Å². The minimum Gasteiger partial charge on any atom is -0.390 e. The zero-order valence-electron chi connectivity index (χ0n) is 9.45. The van der Waals surface area contributed by atoms with E-state index in [0.29, 0.717) is 13.1 Å². The number of hydrogen-bond acceptors (Lipinski definition) is 3. The van der Waals surface area contributed by atoms with Crippen LogP contribution in [0.1, 0.15) is 20.8 Å². The van der Waals surface area contributed by atoms with Crippen molar-refractivity contribution in [3.05, 3.63) is 0 Å². The first-order valence-corrected chi connectivity index (χ1v) is 5.23. The highest BCUT2D eigenvalue weighted by Crippen LogP contribution is 1.91. The zero-order chi connectivity index (χ0) is 11.0. The molecular formula is C11H22N2O. The van der Waals surface area contributed by atoms with Crippen molar-refractivity contribution < 1.29 is 5.11 Å². The van der Waals surface area contributed by atoms with Crippen molar-refractivity contribution in [3.63, 3.8) is 0 Å². The Labute approximate surface area is 87.5 Å². The minimum atomic E-state index is -0.342. The standard InChI is InChI=1S/C11H22N2O/c1-5-10(4)12-8-11(14)9-13(6-2)7-3/h1,10-12,14H,6-9H2,2-4H3. The Balaban J connectivity index is 3.64. The highest BCUT2D eigenvalue weighted by atomic mass is 16.3. The van der Waals surface area contributed by atoms with E-state index in [-0.39, 0.29) is 12.1 Å². The van der Waals surface area contributed by atoms with Crippen molar-refractivity contribution in [3.8, 4) is 12.3 Å². The first kappa shape index (κ1) is 13.4. The number of rotatable bonds is 7. The first-order valence-electron chi connectivity index (χ1n) is 5.23. The first-order chi connectivity index (χ1) is 6.63. The summed E-state index contributed by atoms with van der Waals surface area (Å²) in [6.45, 7) is 9.29. The van der Waals surface area contributed by atoms with Crippen LogP contribution in [0.15, 0.2) is 0 Å². The van der Waals surface area contributed by atoms with E-state index in [9.17, 15) is 5.11 Å². The second-order valence-electron chi connectivity index (χ2n) is 3.44. The molecule has 0 spiro atoms. The predicted octanol–water partition coefficient (Wildman–Crippen LogP) is 0.300. The number of terminal acetylenes is 1. The van der Waals surface area contributed by atoms with Crippen LogP contribution in [0.3, 0.4) is 0 Å². The number of aliphatic hydroxyl groups excluding tert-OH is 1. The fraction of sp³-hybridized carbons (Fsp3) is 0.818. The summed E-state index contributed by atoms with van der Waals surface area (Å²) in [6, 6.07) is 0.0290. The molecule has 0 heterocycles. The van der Waals surface area contributed by atoms with Crippen LogP contribution in [0.5, 0.6) is 0 Å². The molecular weight excluding hydrogens is 176 g/mol. The Bertz CT molecular complexity index is 173. The third-order valence-electron chi connectivity index (χ3n) is 2.27. The summed E-state index contributed by atoms with van der Waals surface area (Å²) in [7, 11) is 0. The average molecular weight is 198 g/mol. The lowest BCUT2D eigenvalue weighted by atomic mass is 10.3. The highest BCUT2D eigenvalue weighted by molar-refractivity contribution is 4.95. The Hall–Kier alpha value is -0.560. The second-order valence-corrected chi connectivity index (χ2v) is 3.44. The van der Waals surface area contributed by atoms with Crippen LogP contribution in [0.2, 0.25) is 0 Å². The van der Waals surface area contributed by atoms with Gasteiger partial charge in [-0.25, -0.2) is 0 Å². The van der Waals surface area contributed by atoms with Crippen LogP contribution in [-0.4, -0.2) is 48.3 Å². The van der Waals surface area contributed by atoms with Crippen molar-refractivity contribution in [2.24, 2.45) is 0 Å². The van der Waals surface area contributed by atoms with E-state index < -0.39 is 0 Å². The lowest BCUT2D eigenvalue weighted by Gasteiger charge is -2.22. The number of aliphatic hydroxyl groups is 1. The van der Waals surface area contributed by atoms with Crippen LogP contribution >= 0.6 is 0 Å². The van der Waals surface area contributed by atoms with Gasteiger partial charge in [0.1, 0.15) is 0 Å². The van der Waals surface area contributed by atoms with Gasteiger partial charge in [-0.1, -0.05) is 19.8 Å². The van der Waals surface area contributed by atoms with E-state index in [2.05, 4.69) is 30.0 Å². The summed E-state index contributed by atoms with van der Waals surface area (Å²) in [4.78, 5) is 2.19. The molecule has 0 radical (unpaired) electrons. The van der Waals surface area contributed by atoms with Crippen LogP contribution in [0.25, 0.3) is 0 Å². The lowest BCUT2D eigenvalue weighted by molar-refractivity contribution is 0.116. The predicted molar refractivity (Wildman–Crippen MR) is 60.1 cm³/mol. The minimum absolute atomic E-state index is 0.0290. The van der Waals surface area contributed by atoms with Gasteiger partial charge in [0.15, 0.2) is 0 Å². The third-order valence-corrected chi connectivity index (χ3v) is 2.27. The molecule has 0 aliphatic heterocycles. The molecule has 3 heteroatoms. The van der Waals surface area contributed by atoms with E-state index in [0.717, 1.165) is 13.1 Å². The Morgan fingerprint density at radius 3 is 2.43 bits per heavy atom. The normalized spacial score (nSPS) is 15.1.